The van der Waals surface area contributed by atoms with Crippen LogP contribution >= 0.6 is 0 Å². The zero-order valence-corrected chi connectivity index (χ0v) is 12.0. The molecule has 2 rings (SSSR count). The normalized spacial score (nSPS) is 19.9. The Morgan fingerprint density at radius 1 is 1.33 bits per heavy atom. The maximum absolute atomic E-state index is 12.2. The van der Waals surface area contributed by atoms with E-state index in [1.807, 2.05) is 23.1 Å². The summed E-state index contributed by atoms with van der Waals surface area (Å²) in [6, 6.07) is 10.2. The van der Waals surface area contributed by atoms with Gasteiger partial charge in [-0.25, -0.2) is 0 Å². The van der Waals surface area contributed by atoms with Crippen LogP contribution in [0.15, 0.2) is 35.3 Å². The molecule has 0 aliphatic carbocycles. The highest BCUT2D eigenvalue weighted by atomic mass is 19.4. The van der Waals surface area contributed by atoms with Gasteiger partial charge in [0.2, 0.25) is 0 Å². The summed E-state index contributed by atoms with van der Waals surface area (Å²) < 4.78 is 36.5. The van der Waals surface area contributed by atoms with Crippen molar-refractivity contribution in [3.8, 4) is 0 Å². The average molecular weight is 299 g/mol. The fourth-order valence-electron chi connectivity index (χ4n) is 2.60. The Balaban J connectivity index is 1.87. The van der Waals surface area contributed by atoms with Gasteiger partial charge in [0.15, 0.2) is 5.96 Å². The fraction of sp³-hybridized carbons (Fsp3) is 0.533. The molecule has 1 aliphatic rings. The number of guanidine groups is 1. The molecule has 3 nitrogen and oxygen atoms in total. The summed E-state index contributed by atoms with van der Waals surface area (Å²) in [5, 5.41) is 2.80. The maximum atomic E-state index is 12.2. The Hall–Kier alpha value is -1.72. The highest BCUT2D eigenvalue weighted by molar-refractivity contribution is 5.80. The minimum absolute atomic E-state index is 0.136. The second-order valence-corrected chi connectivity index (χ2v) is 5.18. The Morgan fingerprint density at radius 2 is 2.05 bits per heavy atom. The van der Waals surface area contributed by atoms with Crippen LogP contribution in [0.2, 0.25) is 0 Å². The van der Waals surface area contributed by atoms with E-state index in [4.69, 9.17) is 0 Å². The van der Waals surface area contributed by atoms with Crippen LogP contribution in [-0.2, 0) is 0 Å². The number of hydrogen-bond donors (Lipinski definition) is 1. The highest BCUT2D eigenvalue weighted by Gasteiger charge is 2.28. The SMILES string of the molecule is CN=C(NCCC(F)(F)F)N1CCC(c2ccccc2)C1. The lowest BCUT2D eigenvalue weighted by Gasteiger charge is -2.22. The molecule has 1 unspecified atom stereocenters. The van der Waals surface area contributed by atoms with Crippen molar-refractivity contribution in [2.75, 3.05) is 26.7 Å². The third-order valence-corrected chi connectivity index (χ3v) is 3.66. The Kier molecular flexibility index (Phi) is 5.09. The van der Waals surface area contributed by atoms with Crippen molar-refractivity contribution in [2.24, 2.45) is 4.99 Å². The standard InChI is InChI=1S/C15H20F3N3/c1-19-14(20-9-8-15(16,17)18)21-10-7-13(11-21)12-5-3-2-4-6-12/h2-6,13H,7-11H2,1H3,(H,19,20). The van der Waals surface area contributed by atoms with Crippen LogP contribution < -0.4 is 5.32 Å². The minimum atomic E-state index is -4.14. The summed E-state index contributed by atoms with van der Waals surface area (Å²) in [5.74, 6) is 0.963. The van der Waals surface area contributed by atoms with Gasteiger partial charge in [-0.2, -0.15) is 13.2 Å². The number of likely N-dealkylation sites (tertiary alicyclic amines) is 1. The molecule has 0 bridgehead atoms. The number of rotatable bonds is 3. The molecule has 116 valence electrons. The zero-order chi connectivity index (χ0) is 15.3. The van der Waals surface area contributed by atoms with E-state index in [9.17, 15) is 13.2 Å². The van der Waals surface area contributed by atoms with Crippen LogP contribution in [0.25, 0.3) is 0 Å². The van der Waals surface area contributed by atoms with Crippen LogP contribution in [0.5, 0.6) is 0 Å². The molecule has 0 amide bonds. The predicted molar refractivity (Wildman–Crippen MR) is 77.4 cm³/mol. The first-order valence-electron chi connectivity index (χ1n) is 7.07. The van der Waals surface area contributed by atoms with Gasteiger partial charge in [0, 0.05) is 32.6 Å². The van der Waals surface area contributed by atoms with Crippen LogP contribution in [0.1, 0.15) is 24.3 Å². The summed E-state index contributed by atoms with van der Waals surface area (Å²) in [7, 11) is 1.60. The van der Waals surface area contributed by atoms with E-state index in [1.165, 1.54) is 5.56 Å². The first-order valence-corrected chi connectivity index (χ1v) is 7.07. The van der Waals surface area contributed by atoms with Gasteiger partial charge in [-0.15, -0.1) is 0 Å². The van der Waals surface area contributed by atoms with Gasteiger partial charge in [0.25, 0.3) is 0 Å². The number of aliphatic imine (C=N–C) groups is 1. The van der Waals surface area contributed by atoms with E-state index in [2.05, 4.69) is 22.4 Å². The summed E-state index contributed by atoms with van der Waals surface area (Å²) >= 11 is 0. The fourth-order valence-corrected chi connectivity index (χ4v) is 2.60. The van der Waals surface area contributed by atoms with Gasteiger partial charge in [0.1, 0.15) is 0 Å². The molecular formula is C15H20F3N3. The Morgan fingerprint density at radius 3 is 2.67 bits per heavy atom. The predicted octanol–water partition coefficient (Wildman–Crippen LogP) is 3.00. The number of halogens is 3. The molecule has 1 aliphatic heterocycles. The number of alkyl halides is 3. The van der Waals surface area contributed by atoms with E-state index in [0.29, 0.717) is 11.9 Å². The van der Waals surface area contributed by atoms with Crippen LogP contribution in [-0.4, -0.2) is 43.7 Å². The first kappa shape index (κ1) is 15.7. The summed E-state index contributed by atoms with van der Waals surface area (Å²) in [6.45, 7) is 1.46. The molecule has 6 heteroatoms. The quantitative estimate of drug-likeness (QED) is 0.686. The van der Waals surface area contributed by atoms with Gasteiger partial charge < -0.3 is 10.2 Å². The molecule has 1 N–H and O–H groups in total. The molecule has 1 aromatic carbocycles. The van der Waals surface area contributed by atoms with Crippen LogP contribution in [0, 0.1) is 0 Å². The third kappa shape index (κ3) is 4.65. The average Bonchev–Trinajstić information content (AvgIpc) is 2.93. The number of nitrogens with zero attached hydrogens (tertiary/aromatic N) is 2. The molecule has 1 aromatic rings. The zero-order valence-electron chi connectivity index (χ0n) is 12.0. The van der Waals surface area contributed by atoms with E-state index >= 15 is 0 Å². The molecule has 1 saturated heterocycles. The van der Waals surface area contributed by atoms with Crippen molar-refractivity contribution in [3.05, 3.63) is 35.9 Å². The van der Waals surface area contributed by atoms with Crippen molar-refractivity contribution in [1.82, 2.24) is 10.2 Å². The van der Waals surface area contributed by atoms with Gasteiger partial charge in [-0.3, -0.25) is 4.99 Å². The van der Waals surface area contributed by atoms with Crippen LogP contribution in [0.4, 0.5) is 13.2 Å². The maximum Gasteiger partial charge on any atom is 0.390 e. The third-order valence-electron chi connectivity index (χ3n) is 3.66. The van der Waals surface area contributed by atoms with E-state index < -0.39 is 12.6 Å². The number of benzene rings is 1. The van der Waals surface area contributed by atoms with Crippen molar-refractivity contribution in [3.63, 3.8) is 0 Å². The monoisotopic (exact) mass is 299 g/mol. The molecule has 0 spiro atoms. The molecule has 0 saturated carbocycles. The van der Waals surface area contributed by atoms with Gasteiger partial charge >= 0.3 is 6.18 Å². The van der Waals surface area contributed by atoms with E-state index in [0.717, 1.165) is 19.5 Å². The number of nitrogens with one attached hydrogen (secondary N) is 1. The van der Waals surface area contributed by atoms with Crippen molar-refractivity contribution in [1.29, 1.82) is 0 Å². The van der Waals surface area contributed by atoms with Crippen molar-refractivity contribution >= 4 is 5.96 Å². The molecule has 0 aromatic heterocycles. The summed E-state index contributed by atoms with van der Waals surface area (Å²) in [4.78, 5) is 6.10. The van der Waals surface area contributed by atoms with E-state index in [-0.39, 0.29) is 6.54 Å². The topological polar surface area (TPSA) is 27.6 Å². The van der Waals surface area contributed by atoms with Gasteiger partial charge in [-0.05, 0) is 12.0 Å². The molecule has 1 fully saturated rings. The first-order chi connectivity index (χ1) is 9.99. The van der Waals surface area contributed by atoms with Crippen molar-refractivity contribution in [2.45, 2.75) is 24.9 Å². The molecule has 1 heterocycles. The molecule has 21 heavy (non-hydrogen) atoms. The molecule has 0 radical (unpaired) electrons. The highest BCUT2D eigenvalue weighted by Crippen LogP contribution is 2.27. The summed E-state index contributed by atoms with van der Waals surface area (Å²) in [6.07, 6.45) is -3.99. The lowest BCUT2D eigenvalue weighted by Crippen LogP contribution is -2.41. The lowest BCUT2D eigenvalue weighted by molar-refractivity contribution is -0.132. The van der Waals surface area contributed by atoms with Crippen LogP contribution in [0.3, 0.4) is 0 Å². The summed E-state index contributed by atoms with van der Waals surface area (Å²) in [5.41, 5.74) is 1.27. The smallest absolute Gasteiger partial charge is 0.356 e. The largest absolute Gasteiger partial charge is 0.390 e. The van der Waals surface area contributed by atoms with E-state index in [1.54, 1.807) is 7.05 Å². The Labute approximate surface area is 122 Å². The second-order valence-electron chi connectivity index (χ2n) is 5.18. The van der Waals surface area contributed by atoms with Gasteiger partial charge in [-0.1, -0.05) is 30.3 Å². The minimum Gasteiger partial charge on any atom is -0.356 e. The van der Waals surface area contributed by atoms with Gasteiger partial charge in [0.05, 0.1) is 6.42 Å². The van der Waals surface area contributed by atoms with Crippen molar-refractivity contribution < 1.29 is 13.2 Å². The lowest BCUT2D eigenvalue weighted by atomic mass is 9.99. The molecule has 1 atom stereocenters. The Bertz CT molecular complexity index is 471. The number of hydrogen-bond acceptors (Lipinski definition) is 1. The molecular weight excluding hydrogens is 279 g/mol. The second kappa shape index (κ2) is 6.83.